The van der Waals surface area contributed by atoms with Gasteiger partial charge in [0.2, 0.25) is 0 Å². The lowest BCUT2D eigenvalue weighted by molar-refractivity contribution is -0.346. The van der Waals surface area contributed by atoms with Gasteiger partial charge in [-0.25, -0.2) is 14.4 Å². The number of cyclic esters (lactones) is 1. The van der Waals surface area contributed by atoms with Gasteiger partial charge in [0, 0.05) is 32.1 Å². The van der Waals surface area contributed by atoms with Crippen molar-refractivity contribution in [2.45, 2.75) is 155 Å². The maximum Gasteiger partial charge on any atom is 0.413 e. The van der Waals surface area contributed by atoms with E-state index >= 15 is 4.79 Å². The predicted octanol–water partition coefficient (Wildman–Crippen LogP) is 2.53. The highest BCUT2D eigenvalue weighted by molar-refractivity contribution is 5.95. The number of amides is 1. The second-order valence-electron chi connectivity index (χ2n) is 19.2. The van der Waals surface area contributed by atoms with Crippen molar-refractivity contribution < 1.29 is 77.6 Å². The number of carbonyl (C=O) groups excluding carboxylic acids is 6. The van der Waals surface area contributed by atoms with Crippen molar-refractivity contribution in [2.24, 2.45) is 22.2 Å². The number of ether oxygens (including phenoxy) is 6. The molecular weight excluding hydrogens is 786 g/mol. The number of benzene rings is 1. The third-order valence-corrected chi connectivity index (χ3v) is 13.6. The van der Waals surface area contributed by atoms with E-state index in [-0.39, 0.29) is 29.7 Å². The molecule has 2 saturated carbocycles. The summed E-state index contributed by atoms with van der Waals surface area (Å²) in [6.45, 7) is 15.7. The average Bonchev–Trinajstić information content (AvgIpc) is 3.33. The zero-order chi connectivity index (χ0) is 44.9. The predicted molar refractivity (Wildman–Crippen MR) is 206 cm³/mol. The third-order valence-electron chi connectivity index (χ3n) is 13.6. The number of Topliss-reactive ketones (excluding diaryl/α,β-unsaturated/α-hetero) is 1. The number of aliphatic hydroxyl groups excluding tert-OH is 3. The van der Waals surface area contributed by atoms with Gasteiger partial charge in [-0.05, 0) is 56.4 Å². The number of nitrogens with zero attached hydrogens (tertiary/aromatic N) is 1. The second kappa shape index (κ2) is 14.9. The highest BCUT2D eigenvalue weighted by Crippen LogP contribution is 2.64. The van der Waals surface area contributed by atoms with Gasteiger partial charge in [0.05, 0.1) is 35.6 Å². The Hall–Kier alpha value is -4.42. The summed E-state index contributed by atoms with van der Waals surface area (Å²) < 4.78 is 35.5. The van der Waals surface area contributed by atoms with Crippen molar-refractivity contribution in [3.05, 3.63) is 47.0 Å². The summed E-state index contributed by atoms with van der Waals surface area (Å²) in [6, 6.07) is 6.36. The van der Waals surface area contributed by atoms with Gasteiger partial charge in [0.15, 0.2) is 35.4 Å². The van der Waals surface area contributed by atoms with Crippen molar-refractivity contribution >= 4 is 35.8 Å². The van der Waals surface area contributed by atoms with Crippen molar-refractivity contribution in [3.8, 4) is 0 Å². The van der Waals surface area contributed by atoms with Gasteiger partial charge < -0.3 is 48.8 Å². The molecule has 2 bridgehead atoms. The van der Waals surface area contributed by atoms with Gasteiger partial charge in [0.25, 0.3) is 0 Å². The average molecular weight is 844 g/mol. The zero-order valence-electron chi connectivity index (χ0n) is 35.8. The molecule has 60 heavy (non-hydrogen) atoms. The fraction of sp³-hybridized carbons (Fsp3) is 0.674. The number of aliphatic hydroxyl groups is 4. The topological polar surface area (TPSA) is 242 Å². The monoisotopic (exact) mass is 843 g/mol. The third kappa shape index (κ3) is 6.80. The van der Waals surface area contributed by atoms with E-state index in [1.165, 1.54) is 39.8 Å². The van der Waals surface area contributed by atoms with Crippen LogP contribution in [0.3, 0.4) is 0 Å². The van der Waals surface area contributed by atoms with E-state index in [4.69, 9.17) is 28.4 Å². The quantitative estimate of drug-likeness (QED) is 0.167. The first-order chi connectivity index (χ1) is 27.6. The normalized spacial score (nSPS) is 36.5. The summed E-state index contributed by atoms with van der Waals surface area (Å²) in [5.74, 6) is -6.39. The van der Waals surface area contributed by atoms with Crippen LogP contribution in [0.25, 0.3) is 0 Å². The zero-order valence-corrected chi connectivity index (χ0v) is 35.8. The first kappa shape index (κ1) is 45.1. The largest absolute Gasteiger partial charge is 0.456 e. The van der Waals surface area contributed by atoms with Crippen molar-refractivity contribution in [2.75, 3.05) is 6.61 Å². The fourth-order valence-electron chi connectivity index (χ4n) is 10.4. The Bertz CT molecular complexity index is 1990. The van der Waals surface area contributed by atoms with Gasteiger partial charge in [0.1, 0.15) is 23.9 Å². The van der Waals surface area contributed by atoms with Gasteiger partial charge in [-0.3, -0.25) is 19.3 Å². The Morgan fingerprint density at radius 3 is 2.05 bits per heavy atom. The lowest BCUT2D eigenvalue weighted by atomic mass is 9.44. The Kier molecular flexibility index (Phi) is 11.2. The van der Waals surface area contributed by atoms with Crippen LogP contribution in [0.1, 0.15) is 99.4 Å². The number of esters is 4. The first-order valence-corrected chi connectivity index (χ1v) is 20.1. The van der Waals surface area contributed by atoms with Crippen LogP contribution in [-0.2, 0) is 47.6 Å². The van der Waals surface area contributed by atoms with E-state index in [0.29, 0.717) is 0 Å². The van der Waals surface area contributed by atoms with Crippen molar-refractivity contribution in [1.82, 2.24) is 4.90 Å². The number of fused-ring (bicyclic) bond motifs is 5. The molecule has 2 heterocycles. The van der Waals surface area contributed by atoms with Gasteiger partial charge >= 0.3 is 30.0 Å². The van der Waals surface area contributed by atoms with Gasteiger partial charge in [-0.1, -0.05) is 52.8 Å². The molecule has 4 fully saturated rings. The number of ketones is 1. The summed E-state index contributed by atoms with van der Waals surface area (Å²) >= 11 is 0. The lowest BCUT2D eigenvalue weighted by Crippen LogP contribution is -2.82. The summed E-state index contributed by atoms with van der Waals surface area (Å²) in [5, 5.41) is 48.6. The molecule has 0 radical (unpaired) electrons. The SMILES string of the molecule is CC(=O)O[C@H]1C(=O)[C@@]2(C)[C@H]([C@H](OC(=O)c3ccccc3)[C@]3(O)C[C@H](OC(=O)[C@@H](O)[C@H](N4C(=O)OC(C)(C)C4O)C(C)(C)C)C(C)=C1C3(C)C)[C@]1(OC(C)=O)CO[C@@H]1C[C@@H]2O. The maximum atomic E-state index is 15.4. The summed E-state index contributed by atoms with van der Waals surface area (Å²) in [5.41, 5.74) is -10.3. The minimum atomic E-state index is -2.42. The highest BCUT2D eigenvalue weighted by Gasteiger charge is 2.78. The van der Waals surface area contributed by atoms with Crippen LogP contribution < -0.4 is 0 Å². The molecule has 0 spiro atoms. The van der Waals surface area contributed by atoms with E-state index in [2.05, 4.69) is 0 Å². The lowest BCUT2D eigenvalue weighted by Gasteiger charge is -2.67. The molecule has 4 N–H and O–H groups in total. The number of hydrogen-bond acceptors (Lipinski definition) is 16. The van der Waals surface area contributed by atoms with Crippen LogP contribution in [0.2, 0.25) is 0 Å². The van der Waals surface area contributed by atoms with Crippen LogP contribution in [0.5, 0.6) is 0 Å². The van der Waals surface area contributed by atoms with Crippen LogP contribution in [0, 0.1) is 22.2 Å². The molecular formula is C43H57NO16. The molecule has 0 aromatic heterocycles. The van der Waals surface area contributed by atoms with E-state index in [1.807, 2.05) is 0 Å². The van der Waals surface area contributed by atoms with Gasteiger partial charge in [-0.15, -0.1) is 0 Å². The molecule has 17 nitrogen and oxygen atoms in total. The molecule has 1 aromatic carbocycles. The van der Waals surface area contributed by atoms with Crippen LogP contribution in [-0.4, -0.2) is 133 Å². The fourth-order valence-corrected chi connectivity index (χ4v) is 10.4. The number of rotatable bonds is 8. The molecule has 330 valence electrons. The minimum Gasteiger partial charge on any atom is -0.456 e. The van der Waals surface area contributed by atoms with Crippen molar-refractivity contribution in [1.29, 1.82) is 0 Å². The molecule has 1 aromatic rings. The minimum absolute atomic E-state index is 0.0300. The van der Waals surface area contributed by atoms with E-state index < -0.39 is 130 Å². The van der Waals surface area contributed by atoms with Crippen molar-refractivity contribution in [3.63, 3.8) is 0 Å². The molecule has 6 rings (SSSR count). The molecule has 5 aliphatic rings. The summed E-state index contributed by atoms with van der Waals surface area (Å²) in [6.07, 6.45) is -13.3. The van der Waals surface area contributed by atoms with Crippen LogP contribution in [0.4, 0.5) is 4.79 Å². The Morgan fingerprint density at radius 1 is 0.933 bits per heavy atom. The van der Waals surface area contributed by atoms with Crippen LogP contribution >= 0.6 is 0 Å². The molecule has 1 amide bonds. The molecule has 2 saturated heterocycles. The second-order valence-corrected chi connectivity index (χ2v) is 19.2. The van der Waals surface area contributed by atoms with E-state index in [1.54, 1.807) is 52.8 Å². The Morgan fingerprint density at radius 2 is 1.55 bits per heavy atom. The van der Waals surface area contributed by atoms with E-state index in [9.17, 15) is 44.4 Å². The molecule has 12 atom stereocenters. The maximum absolute atomic E-state index is 15.4. The highest BCUT2D eigenvalue weighted by atomic mass is 16.6. The number of carbonyl (C=O) groups is 6. The molecule has 2 aliphatic heterocycles. The summed E-state index contributed by atoms with van der Waals surface area (Å²) in [7, 11) is 0. The smallest absolute Gasteiger partial charge is 0.413 e. The number of hydrogen-bond donors (Lipinski definition) is 4. The Labute approximate surface area is 348 Å². The Balaban J connectivity index is 1.56. The molecule has 1 unspecified atom stereocenters. The standard InChI is InChI=1S/C43H57NO16/c1-20-24(57-35(51)28(48)31(38(4,5)6)44-36(52)40(9,10)60-37(44)53)18-43(54)33(58-34(50)23-15-13-12-14-16-23)30-41(11,25(47)17-26-42(30,19-55-26)59-22(3)46)32(49)29(56-21(2)45)27(20)39(43,7)8/h12-16,24-26,28-31,33,36,47-48,52,54H,17-19H2,1-11H3/t24-,25-,26+,28-,29+,30-,31-,33-,36?,41+,42-,43+/m0/s1. The first-order valence-electron chi connectivity index (χ1n) is 20.1. The van der Waals surface area contributed by atoms with Gasteiger partial charge in [-0.2, -0.15) is 0 Å². The molecule has 17 heteroatoms. The van der Waals surface area contributed by atoms with Crippen LogP contribution in [0.15, 0.2) is 41.5 Å². The summed E-state index contributed by atoms with van der Waals surface area (Å²) in [4.78, 5) is 83.9. The molecule has 3 aliphatic carbocycles. The van der Waals surface area contributed by atoms with E-state index in [0.717, 1.165) is 18.7 Å².